The van der Waals surface area contributed by atoms with E-state index in [1.54, 1.807) is 55.5 Å². The summed E-state index contributed by atoms with van der Waals surface area (Å²) in [5, 5.41) is 2.76. The van der Waals surface area contributed by atoms with Crippen molar-refractivity contribution in [1.82, 2.24) is 4.98 Å². The van der Waals surface area contributed by atoms with Gasteiger partial charge in [-0.3, -0.25) is 4.79 Å². The Morgan fingerprint density at radius 2 is 1.76 bits per heavy atom. The highest BCUT2D eigenvalue weighted by molar-refractivity contribution is 6.01. The number of nitrogens with one attached hydrogen (secondary N) is 1. The van der Waals surface area contributed by atoms with E-state index in [0.29, 0.717) is 39.7 Å². The van der Waals surface area contributed by atoms with E-state index < -0.39 is 18.0 Å². The van der Waals surface area contributed by atoms with Crippen LogP contribution in [0, 0.1) is 0 Å². The molecule has 1 heterocycles. The lowest BCUT2D eigenvalue weighted by Crippen LogP contribution is -2.32. The summed E-state index contributed by atoms with van der Waals surface area (Å²) in [6.45, 7) is 1.76. The third-order valence-corrected chi connectivity index (χ3v) is 5.25. The summed E-state index contributed by atoms with van der Waals surface area (Å²) < 4.78 is 21.9. The Morgan fingerprint density at radius 1 is 1.00 bits per heavy atom. The van der Waals surface area contributed by atoms with Gasteiger partial charge >= 0.3 is 5.97 Å². The van der Waals surface area contributed by atoms with Gasteiger partial charge in [-0.2, -0.15) is 0 Å². The molecule has 8 nitrogen and oxygen atoms in total. The van der Waals surface area contributed by atoms with Crippen LogP contribution in [0.2, 0.25) is 0 Å². The summed E-state index contributed by atoms with van der Waals surface area (Å²) in [4.78, 5) is 30.5. The molecule has 4 rings (SSSR count). The minimum absolute atomic E-state index is 0.249. The summed E-state index contributed by atoms with van der Waals surface area (Å²) in [7, 11) is 3.02. The fourth-order valence-corrected chi connectivity index (χ4v) is 3.47. The van der Waals surface area contributed by atoms with Gasteiger partial charge in [0.25, 0.3) is 5.91 Å². The number of fused-ring (bicyclic) bond motifs is 1. The van der Waals surface area contributed by atoms with Crippen LogP contribution in [0.4, 0.5) is 5.69 Å². The number of carbonyl (C=O) groups excluding carboxylic acids is 2. The zero-order valence-corrected chi connectivity index (χ0v) is 19.0. The van der Waals surface area contributed by atoms with Crippen LogP contribution in [0.15, 0.2) is 71.1 Å². The second-order valence-corrected chi connectivity index (χ2v) is 7.39. The van der Waals surface area contributed by atoms with E-state index in [-0.39, 0.29) is 12.0 Å². The van der Waals surface area contributed by atoms with Crippen LogP contribution in [0.5, 0.6) is 11.5 Å². The maximum Gasteiger partial charge on any atom is 0.339 e. The van der Waals surface area contributed by atoms with E-state index in [0.717, 1.165) is 0 Å². The number of benzene rings is 3. The molecule has 0 aliphatic carbocycles. The van der Waals surface area contributed by atoms with E-state index in [1.807, 2.05) is 18.2 Å². The fraction of sp³-hybridized carbons (Fsp3) is 0.192. The molecular formula is C26H24N2O6. The number of aromatic nitrogens is 1. The van der Waals surface area contributed by atoms with Crippen LogP contribution in [0.25, 0.3) is 22.6 Å². The van der Waals surface area contributed by atoms with Gasteiger partial charge in [0.1, 0.15) is 17.0 Å². The third kappa shape index (κ3) is 4.71. The molecule has 0 saturated heterocycles. The minimum Gasteiger partial charge on any atom is -0.497 e. The van der Waals surface area contributed by atoms with Crippen molar-refractivity contribution in [3.8, 4) is 23.0 Å². The summed E-state index contributed by atoms with van der Waals surface area (Å²) in [6, 6.07) is 19.2. The number of anilines is 1. The topological polar surface area (TPSA) is 99.9 Å². The molecule has 3 aromatic carbocycles. The van der Waals surface area contributed by atoms with Crippen molar-refractivity contribution in [3.05, 3.63) is 72.3 Å². The molecule has 34 heavy (non-hydrogen) atoms. The molecule has 1 unspecified atom stereocenters. The van der Waals surface area contributed by atoms with E-state index in [1.165, 1.54) is 14.2 Å². The number of methoxy groups -OCH3 is 2. The van der Waals surface area contributed by atoms with E-state index in [2.05, 4.69) is 10.3 Å². The number of esters is 1. The van der Waals surface area contributed by atoms with Crippen LogP contribution < -0.4 is 14.8 Å². The highest BCUT2D eigenvalue weighted by Gasteiger charge is 2.25. The quantitative estimate of drug-likeness (QED) is 0.366. The second kappa shape index (κ2) is 10.1. The number of hydrogen-bond donors (Lipinski definition) is 1. The molecule has 4 aromatic rings. The number of rotatable bonds is 8. The smallest absolute Gasteiger partial charge is 0.339 e. The van der Waals surface area contributed by atoms with Crippen molar-refractivity contribution in [1.29, 1.82) is 0 Å². The Kier molecular flexibility index (Phi) is 6.77. The first-order valence-corrected chi connectivity index (χ1v) is 10.7. The van der Waals surface area contributed by atoms with Crippen molar-refractivity contribution < 1.29 is 28.2 Å². The van der Waals surface area contributed by atoms with Crippen molar-refractivity contribution in [2.45, 2.75) is 19.4 Å². The first-order chi connectivity index (χ1) is 16.5. The molecule has 174 valence electrons. The van der Waals surface area contributed by atoms with Gasteiger partial charge in [-0.05, 0) is 42.8 Å². The number of nitrogens with zero attached hydrogens (tertiary/aromatic N) is 1. The van der Waals surface area contributed by atoms with Crippen molar-refractivity contribution in [2.75, 3.05) is 19.5 Å². The summed E-state index contributed by atoms with van der Waals surface area (Å²) >= 11 is 0. The predicted octanol–water partition coefficient (Wildman–Crippen LogP) is 5.09. The molecule has 0 aliphatic rings. The zero-order chi connectivity index (χ0) is 24.1. The highest BCUT2D eigenvalue weighted by Crippen LogP contribution is 2.30. The second-order valence-electron chi connectivity index (χ2n) is 7.39. The number of hydrogen-bond acceptors (Lipinski definition) is 7. The van der Waals surface area contributed by atoms with Crippen molar-refractivity contribution in [2.24, 2.45) is 0 Å². The average molecular weight is 460 g/mol. The lowest BCUT2D eigenvalue weighted by Gasteiger charge is -2.18. The van der Waals surface area contributed by atoms with Crippen LogP contribution >= 0.6 is 0 Å². The lowest BCUT2D eigenvalue weighted by atomic mass is 10.1. The monoisotopic (exact) mass is 460 g/mol. The van der Waals surface area contributed by atoms with Crippen LogP contribution in [-0.2, 0) is 9.53 Å². The van der Waals surface area contributed by atoms with Crippen molar-refractivity contribution in [3.63, 3.8) is 0 Å². The summed E-state index contributed by atoms with van der Waals surface area (Å²) in [5.41, 5.74) is 2.43. The Labute approximate surface area is 196 Å². The normalized spacial score (nSPS) is 11.6. The standard InChI is InChI=1S/C26H24N2O6/c1-4-21(24(29)27-20-15-16(31-2)13-14-22(20)32-3)34-26(30)18-10-6-5-9-17(18)25-28-19-11-7-8-12-23(19)33-25/h5-15,21H,4H2,1-3H3,(H,27,29). The Bertz CT molecular complexity index is 1300. The molecule has 0 saturated carbocycles. The fourth-order valence-electron chi connectivity index (χ4n) is 3.47. The van der Waals surface area contributed by atoms with Crippen molar-refractivity contribution >= 4 is 28.7 Å². The number of carbonyl (C=O) groups is 2. The molecule has 0 aliphatic heterocycles. The SMILES string of the molecule is CCC(OC(=O)c1ccccc1-c1nc2ccccc2o1)C(=O)Nc1cc(OC)ccc1OC. The van der Waals surface area contributed by atoms with E-state index in [4.69, 9.17) is 18.6 Å². The number of para-hydroxylation sites is 2. The maximum absolute atomic E-state index is 13.1. The van der Waals surface area contributed by atoms with E-state index in [9.17, 15) is 9.59 Å². The Hall–Kier alpha value is -4.33. The molecule has 1 atom stereocenters. The number of amides is 1. The number of oxazole rings is 1. The van der Waals surface area contributed by atoms with Gasteiger partial charge in [-0.1, -0.05) is 31.2 Å². The third-order valence-electron chi connectivity index (χ3n) is 5.25. The molecule has 1 aromatic heterocycles. The minimum atomic E-state index is -1.03. The van der Waals surface area contributed by atoms with Gasteiger partial charge in [-0.15, -0.1) is 0 Å². The van der Waals surface area contributed by atoms with Gasteiger partial charge in [0.2, 0.25) is 5.89 Å². The van der Waals surface area contributed by atoms with Crippen LogP contribution in [-0.4, -0.2) is 37.2 Å². The van der Waals surface area contributed by atoms with Gasteiger partial charge < -0.3 is 23.9 Å². The predicted molar refractivity (Wildman–Crippen MR) is 127 cm³/mol. The molecule has 1 amide bonds. The molecule has 8 heteroatoms. The zero-order valence-electron chi connectivity index (χ0n) is 19.0. The van der Waals surface area contributed by atoms with Gasteiger partial charge in [0.15, 0.2) is 11.7 Å². The summed E-state index contributed by atoms with van der Waals surface area (Å²) in [5.74, 6) is 0.164. The molecule has 0 fully saturated rings. The van der Waals surface area contributed by atoms with E-state index >= 15 is 0 Å². The summed E-state index contributed by atoms with van der Waals surface area (Å²) in [6.07, 6.45) is -0.755. The highest BCUT2D eigenvalue weighted by atomic mass is 16.5. The molecule has 0 radical (unpaired) electrons. The van der Waals surface area contributed by atoms with Crippen LogP contribution in [0.3, 0.4) is 0 Å². The molecule has 0 bridgehead atoms. The Balaban J connectivity index is 1.56. The van der Waals surface area contributed by atoms with Gasteiger partial charge in [0.05, 0.1) is 31.0 Å². The first-order valence-electron chi connectivity index (χ1n) is 10.7. The van der Waals surface area contributed by atoms with Gasteiger partial charge in [0, 0.05) is 6.07 Å². The average Bonchev–Trinajstić information content (AvgIpc) is 3.31. The van der Waals surface area contributed by atoms with Crippen LogP contribution in [0.1, 0.15) is 23.7 Å². The maximum atomic E-state index is 13.1. The largest absolute Gasteiger partial charge is 0.497 e. The Morgan fingerprint density at radius 3 is 2.50 bits per heavy atom. The molecule has 1 N–H and O–H groups in total. The number of ether oxygens (including phenoxy) is 3. The molecular weight excluding hydrogens is 436 g/mol. The first kappa shape index (κ1) is 22.8. The molecule has 0 spiro atoms. The lowest BCUT2D eigenvalue weighted by molar-refractivity contribution is -0.124. The van der Waals surface area contributed by atoms with Gasteiger partial charge in [-0.25, -0.2) is 9.78 Å².